The van der Waals surface area contributed by atoms with E-state index >= 15 is 0 Å². The Morgan fingerprint density at radius 1 is 0.903 bits per heavy atom. The number of carbonyl (C=O) groups is 3. The van der Waals surface area contributed by atoms with Gasteiger partial charge in [-0.1, -0.05) is 48.5 Å². The number of ketones is 1. The van der Waals surface area contributed by atoms with E-state index in [0.29, 0.717) is 21.8 Å². The summed E-state index contributed by atoms with van der Waals surface area (Å²) in [6.07, 6.45) is -0.768. The lowest BCUT2D eigenvalue weighted by Crippen LogP contribution is -2.25. The van der Waals surface area contributed by atoms with Crippen LogP contribution in [-0.4, -0.2) is 23.4 Å². The fourth-order valence-electron chi connectivity index (χ4n) is 2.83. The highest BCUT2D eigenvalue weighted by atomic mass is 32.1. The Morgan fingerprint density at radius 2 is 1.48 bits per heavy atom. The fourth-order valence-corrected chi connectivity index (χ4v) is 3.97. The van der Waals surface area contributed by atoms with E-state index in [1.165, 1.54) is 0 Å². The molecule has 31 heavy (non-hydrogen) atoms. The van der Waals surface area contributed by atoms with Crippen molar-refractivity contribution in [3.8, 4) is 5.75 Å². The van der Waals surface area contributed by atoms with Crippen molar-refractivity contribution in [3.63, 3.8) is 0 Å². The largest absolute Gasteiger partial charge is 0.456 e. The van der Waals surface area contributed by atoms with E-state index in [1.807, 2.05) is 6.07 Å². The van der Waals surface area contributed by atoms with Crippen molar-refractivity contribution in [1.82, 2.24) is 0 Å². The average Bonchev–Trinajstić information content (AvgIpc) is 3.03. The molecule has 6 nitrogen and oxygen atoms in total. The molecule has 1 heterocycles. The van der Waals surface area contributed by atoms with Crippen molar-refractivity contribution in [2.75, 3.05) is 5.32 Å². The number of para-hydroxylation sites is 1. The molecule has 0 radical (unpaired) electrons. The minimum Gasteiger partial charge on any atom is -0.456 e. The summed E-state index contributed by atoms with van der Waals surface area (Å²) in [5.41, 5.74) is 0.338. The number of esters is 1. The molecule has 1 N–H and O–H groups in total. The highest BCUT2D eigenvalue weighted by Crippen LogP contribution is 2.36. The van der Waals surface area contributed by atoms with Crippen molar-refractivity contribution >= 4 is 34.2 Å². The molecule has 7 heteroatoms. The maximum Gasteiger partial charge on any atom is 0.417 e. The van der Waals surface area contributed by atoms with Crippen LogP contribution in [0.25, 0.3) is 0 Å². The lowest BCUT2D eigenvalue weighted by molar-refractivity contribution is 0.00705. The molecule has 0 aliphatic carbocycles. The Kier molecular flexibility index (Phi) is 6.56. The topological polar surface area (TPSA) is 81.7 Å². The molecule has 0 saturated heterocycles. The Labute approximate surface area is 184 Å². The van der Waals surface area contributed by atoms with E-state index < -0.39 is 17.7 Å². The number of carbonyl (C=O) groups excluding carboxylic acids is 3. The fraction of sp³-hybridized carbons (Fsp3) is 0.208. The van der Waals surface area contributed by atoms with Crippen molar-refractivity contribution in [1.29, 1.82) is 0 Å². The summed E-state index contributed by atoms with van der Waals surface area (Å²) in [6.45, 7) is 6.91. The highest BCUT2D eigenvalue weighted by molar-refractivity contribution is 7.19. The number of amides is 1. The first-order valence-corrected chi connectivity index (χ1v) is 10.5. The Balaban J connectivity index is 1.96. The molecule has 0 bridgehead atoms. The molecule has 1 amide bonds. The predicted octanol–water partition coefficient (Wildman–Crippen LogP) is 5.85. The third kappa shape index (κ3) is 5.58. The van der Waals surface area contributed by atoms with Gasteiger partial charge in [-0.15, -0.1) is 11.3 Å². The number of benzene rings is 2. The molecule has 3 aromatic rings. The van der Waals surface area contributed by atoms with Gasteiger partial charge in [0, 0.05) is 5.56 Å². The molecule has 160 valence electrons. The summed E-state index contributed by atoms with van der Waals surface area (Å²) in [5, 5.41) is 2.80. The lowest BCUT2D eigenvalue weighted by Gasteiger charge is -2.20. The highest BCUT2D eigenvalue weighted by Gasteiger charge is 2.29. The van der Waals surface area contributed by atoms with Crippen molar-refractivity contribution in [2.24, 2.45) is 0 Å². The Hall–Kier alpha value is -3.45. The smallest absolute Gasteiger partial charge is 0.417 e. The molecule has 2 aromatic carbocycles. The van der Waals surface area contributed by atoms with Crippen LogP contribution in [0.1, 0.15) is 51.9 Å². The van der Waals surface area contributed by atoms with Crippen LogP contribution in [0.2, 0.25) is 0 Å². The maximum atomic E-state index is 13.0. The number of rotatable bonds is 5. The second-order valence-electron chi connectivity index (χ2n) is 7.78. The number of hydrogen-bond donors (Lipinski definition) is 1. The van der Waals surface area contributed by atoms with Crippen LogP contribution < -0.4 is 10.1 Å². The minimum absolute atomic E-state index is 0.143. The normalized spacial score (nSPS) is 11.0. The number of hydrogen-bond acceptors (Lipinski definition) is 6. The van der Waals surface area contributed by atoms with Gasteiger partial charge in [0.15, 0.2) is 0 Å². The summed E-state index contributed by atoms with van der Waals surface area (Å²) < 4.78 is 10.8. The quantitative estimate of drug-likeness (QED) is 0.400. The van der Waals surface area contributed by atoms with Gasteiger partial charge in [0.05, 0.1) is 10.4 Å². The zero-order valence-electron chi connectivity index (χ0n) is 17.7. The number of nitrogens with one attached hydrogen (secondary N) is 1. The van der Waals surface area contributed by atoms with E-state index in [4.69, 9.17) is 9.47 Å². The summed E-state index contributed by atoms with van der Waals surface area (Å²) in [5.74, 6) is -0.506. The molecule has 0 fully saturated rings. The van der Waals surface area contributed by atoms with Gasteiger partial charge in [0.2, 0.25) is 5.78 Å². The number of ether oxygens (including phenoxy) is 2. The molecule has 0 aliphatic rings. The van der Waals surface area contributed by atoms with Crippen LogP contribution >= 0.6 is 11.3 Å². The molecular formula is C24H23NO5S. The molecule has 0 unspecified atom stereocenters. The van der Waals surface area contributed by atoms with Crippen LogP contribution in [0.5, 0.6) is 5.75 Å². The molecule has 0 saturated carbocycles. The second kappa shape index (κ2) is 9.14. The molecule has 0 aliphatic heterocycles. The zero-order valence-corrected chi connectivity index (χ0v) is 18.5. The van der Waals surface area contributed by atoms with E-state index in [1.54, 1.807) is 82.3 Å². The summed E-state index contributed by atoms with van der Waals surface area (Å²) in [4.78, 5) is 38.7. The van der Waals surface area contributed by atoms with E-state index in [0.717, 1.165) is 11.3 Å². The number of anilines is 1. The van der Waals surface area contributed by atoms with Crippen LogP contribution in [0, 0.1) is 6.92 Å². The lowest BCUT2D eigenvalue weighted by atomic mass is 10.0. The van der Waals surface area contributed by atoms with Crippen molar-refractivity contribution in [3.05, 3.63) is 82.2 Å². The molecule has 1 aromatic heterocycles. The first-order valence-electron chi connectivity index (χ1n) is 9.66. The van der Waals surface area contributed by atoms with Crippen molar-refractivity contribution in [2.45, 2.75) is 33.3 Å². The third-order valence-corrected chi connectivity index (χ3v) is 5.37. The first kappa shape index (κ1) is 22.2. The van der Waals surface area contributed by atoms with E-state index in [2.05, 4.69) is 5.32 Å². The minimum atomic E-state index is -0.768. The van der Waals surface area contributed by atoms with Gasteiger partial charge in [-0.25, -0.2) is 9.59 Å². The van der Waals surface area contributed by atoms with Crippen molar-refractivity contribution < 1.29 is 23.9 Å². The van der Waals surface area contributed by atoms with Gasteiger partial charge in [-0.05, 0) is 45.4 Å². The SMILES string of the molecule is Cc1c(C(=O)c2ccccc2)sc(NC(=O)Oc2ccccc2)c1C(=O)OC(C)(C)C. The maximum absolute atomic E-state index is 13.0. The van der Waals surface area contributed by atoms with Crippen LogP contribution in [-0.2, 0) is 4.74 Å². The molecule has 3 rings (SSSR count). The second-order valence-corrected chi connectivity index (χ2v) is 8.81. The number of thiophene rings is 1. The third-order valence-electron chi connectivity index (χ3n) is 4.16. The summed E-state index contributed by atoms with van der Waals surface area (Å²) in [7, 11) is 0. The zero-order chi connectivity index (χ0) is 22.6. The van der Waals surface area contributed by atoms with Crippen LogP contribution in [0.4, 0.5) is 9.80 Å². The Morgan fingerprint density at radius 3 is 2.06 bits per heavy atom. The molecular weight excluding hydrogens is 414 g/mol. The average molecular weight is 438 g/mol. The Bertz CT molecular complexity index is 1100. The standard InChI is InChI=1S/C24H23NO5S/c1-15-18(22(27)30-24(2,3)4)21(25-23(28)29-17-13-9-6-10-14-17)31-20(15)19(26)16-11-7-5-8-12-16/h5-14H,1-4H3,(H,25,28). The van der Waals surface area contributed by atoms with Gasteiger partial charge in [-0.3, -0.25) is 10.1 Å². The van der Waals surface area contributed by atoms with E-state index in [9.17, 15) is 14.4 Å². The molecule has 0 atom stereocenters. The first-order chi connectivity index (χ1) is 14.7. The van der Waals surface area contributed by atoms with Gasteiger partial charge < -0.3 is 9.47 Å². The van der Waals surface area contributed by atoms with Gasteiger partial charge in [0.25, 0.3) is 0 Å². The van der Waals surface area contributed by atoms with E-state index in [-0.39, 0.29) is 16.3 Å². The van der Waals surface area contributed by atoms with Gasteiger partial charge >= 0.3 is 12.1 Å². The monoisotopic (exact) mass is 437 g/mol. The predicted molar refractivity (Wildman–Crippen MR) is 120 cm³/mol. The van der Waals surface area contributed by atoms with Gasteiger partial charge in [0.1, 0.15) is 16.4 Å². The van der Waals surface area contributed by atoms with Gasteiger partial charge in [-0.2, -0.15) is 0 Å². The molecule has 0 spiro atoms. The van der Waals surface area contributed by atoms with Crippen LogP contribution in [0.15, 0.2) is 60.7 Å². The summed E-state index contributed by atoms with van der Waals surface area (Å²) in [6, 6.07) is 17.3. The summed E-state index contributed by atoms with van der Waals surface area (Å²) >= 11 is 1.02. The van der Waals surface area contributed by atoms with Crippen LogP contribution in [0.3, 0.4) is 0 Å².